The van der Waals surface area contributed by atoms with Gasteiger partial charge in [0.05, 0.1) is 6.20 Å². The number of hydrogen-bond acceptors (Lipinski definition) is 3. The number of alkyl halides is 2. The number of nitrogens with two attached hydrogens (primary N) is 1. The van der Waals surface area contributed by atoms with E-state index >= 15 is 0 Å². The minimum absolute atomic E-state index is 0.108. The number of anilines is 2. The van der Waals surface area contributed by atoms with Crippen molar-refractivity contribution in [3.8, 4) is 0 Å². The molecule has 2 aromatic rings. The van der Waals surface area contributed by atoms with E-state index in [1.165, 1.54) is 0 Å². The summed E-state index contributed by atoms with van der Waals surface area (Å²) in [4.78, 5) is 6.30. The molecule has 0 atom stereocenters. The third kappa shape index (κ3) is 1.98. The Hall–Kier alpha value is -1.85. The lowest BCUT2D eigenvalue weighted by Gasteiger charge is -2.31. The monoisotopic (exact) mass is 252 g/mol. The van der Waals surface area contributed by atoms with E-state index < -0.39 is 5.92 Å². The first-order valence-corrected chi connectivity index (χ1v) is 5.91. The van der Waals surface area contributed by atoms with Crippen molar-refractivity contribution in [2.75, 3.05) is 23.7 Å². The van der Waals surface area contributed by atoms with Gasteiger partial charge in [-0.3, -0.25) is 0 Å². The van der Waals surface area contributed by atoms with Crippen molar-refractivity contribution in [2.24, 2.45) is 0 Å². The molecule has 6 heteroatoms. The van der Waals surface area contributed by atoms with Crippen LogP contribution in [0.2, 0.25) is 0 Å². The van der Waals surface area contributed by atoms with Crippen LogP contribution in [0.3, 0.4) is 0 Å². The Morgan fingerprint density at radius 3 is 2.61 bits per heavy atom. The second kappa shape index (κ2) is 3.83. The van der Waals surface area contributed by atoms with Crippen molar-refractivity contribution in [1.29, 1.82) is 0 Å². The number of pyridine rings is 1. The van der Waals surface area contributed by atoms with E-state index in [2.05, 4.69) is 4.98 Å². The number of imidazole rings is 1. The van der Waals surface area contributed by atoms with E-state index in [1.807, 2.05) is 21.6 Å². The molecule has 0 amide bonds. The quantitative estimate of drug-likeness (QED) is 0.846. The Morgan fingerprint density at radius 2 is 1.89 bits per heavy atom. The zero-order chi connectivity index (χ0) is 12.8. The van der Waals surface area contributed by atoms with Crippen LogP contribution in [0, 0.1) is 0 Å². The Bertz CT molecular complexity index is 568. The molecule has 4 nitrogen and oxygen atoms in total. The Kier molecular flexibility index (Phi) is 2.39. The molecule has 0 unspecified atom stereocenters. The molecule has 18 heavy (non-hydrogen) atoms. The lowest BCUT2D eigenvalue weighted by molar-refractivity contribution is -0.0221. The summed E-state index contributed by atoms with van der Waals surface area (Å²) < 4.78 is 28.0. The topological polar surface area (TPSA) is 46.6 Å². The third-order valence-electron chi connectivity index (χ3n) is 3.28. The van der Waals surface area contributed by atoms with Gasteiger partial charge in [-0.25, -0.2) is 13.8 Å². The molecule has 2 aromatic heterocycles. The summed E-state index contributed by atoms with van der Waals surface area (Å²) in [6.45, 7) is 0.679. The van der Waals surface area contributed by atoms with Crippen molar-refractivity contribution in [2.45, 2.75) is 18.8 Å². The van der Waals surface area contributed by atoms with E-state index in [4.69, 9.17) is 5.73 Å². The molecule has 0 aromatic carbocycles. The predicted octanol–water partition coefficient (Wildman–Crippen LogP) is 2.15. The number of aromatic nitrogens is 2. The SMILES string of the molecule is Nc1ccc2nc(N3CCC(F)(F)CC3)cn2c1. The molecular formula is C12H14F2N4. The molecule has 0 bridgehead atoms. The molecule has 1 aliphatic rings. The van der Waals surface area contributed by atoms with Gasteiger partial charge in [-0.15, -0.1) is 0 Å². The largest absolute Gasteiger partial charge is 0.398 e. The zero-order valence-corrected chi connectivity index (χ0v) is 9.81. The summed E-state index contributed by atoms with van der Waals surface area (Å²) in [7, 11) is 0. The summed E-state index contributed by atoms with van der Waals surface area (Å²) in [5.41, 5.74) is 7.11. The average Bonchev–Trinajstić information content (AvgIpc) is 2.71. The van der Waals surface area contributed by atoms with Crippen LogP contribution in [0.15, 0.2) is 24.5 Å². The number of rotatable bonds is 1. The van der Waals surface area contributed by atoms with Gasteiger partial charge in [0.2, 0.25) is 0 Å². The summed E-state index contributed by atoms with van der Waals surface area (Å²) in [5, 5.41) is 0. The van der Waals surface area contributed by atoms with Gasteiger partial charge < -0.3 is 15.0 Å². The molecular weight excluding hydrogens is 238 g/mol. The van der Waals surface area contributed by atoms with Gasteiger partial charge in [-0.2, -0.15) is 0 Å². The smallest absolute Gasteiger partial charge is 0.251 e. The number of fused-ring (bicyclic) bond motifs is 1. The van der Waals surface area contributed by atoms with Crippen LogP contribution in [-0.2, 0) is 0 Å². The fourth-order valence-corrected chi connectivity index (χ4v) is 2.21. The molecule has 1 saturated heterocycles. The summed E-state index contributed by atoms with van der Waals surface area (Å²) >= 11 is 0. The van der Waals surface area contributed by atoms with E-state index in [-0.39, 0.29) is 12.8 Å². The lowest BCUT2D eigenvalue weighted by atomic mass is 10.1. The van der Waals surface area contributed by atoms with Crippen molar-refractivity contribution in [3.05, 3.63) is 24.5 Å². The van der Waals surface area contributed by atoms with Crippen LogP contribution in [0.4, 0.5) is 20.3 Å². The second-order valence-electron chi connectivity index (χ2n) is 4.67. The Balaban J connectivity index is 1.87. The number of nitrogen functional groups attached to an aromatic ring is 1. The Morgan fingerprint density at radius 1 is 1.17 bits per heavy atom. The van der Waals surface area contributed by atoms with Gasteiger partial charge in [0.15, 0.2) is 0 Å². The molecule has 2 N–H and O–H groups in total. The van der Waals surface area contributed by atoms with Crippen molar-refractivity contribution in [3.63, 3.8) is 0 Å². The number of halogens is 2. The van der Waals surface area contributed by atoms with Crippen LogP contribution >= 0.6 is 0 Å². The highest BCUT2D eigenvalue weighted by Crippen LogP contribution is 2.30. The maximum atomic E-state index is 13.1. The molecule has 0 spiro atoms. The summed E-state index contributed by atoms with van der Waals surface area (Å²) in [6.07, 6.45) is 3.38. The third-order valence-corrected chi connectivity index (χ3v) is 3.28. The van der Waals surface area contributed by atoms with Crippen molar-refractivity contribution in [1.82, 2.24) is 9.38 Å². The van der Waals surface area contributed by atoms with Crippen LogP contribution in [-0.4, -0.2) is 28.4 Å². The predicted molar refractivity (Wildman–Crippen MR) is 66.0 cm³/mol. The van der Waals surface area contributed by atoms with Gasteiger partial charge in [0.25, 0.3) is 5.92 Å². The van der Waals surface area contributed by atoms with Crippen LogP contribution in [0.25, 0.3) is 5.65 Å². The fourth-order valence-electron chi connectivity index (χ4n) is 2.21. The van der Waals surface area contributed by atoms with Crippen molar-refractivity contribution < 1.29 is 8.78 Å². The van der Waals surface area contributed by atoms with E-state index in [0.717, 1.165) is 11.5 Å². The molecule has 3 rings (SSSR count). The van der Waals surface area contributed by atoms with Gasteiger partial charge in [-0.05, 0) is 12.1 Å². The summed E-state index contributed by atoms with van der Waals surface area (Å²) in [6, 6.07) is 3.59. The molecule has 3 heterocycles. The molecule has 0 saturated carbocycles. The standard InChI is InChI=1S/C12H14F2N4/c13-12(14)3-5-17(6-4-12)11-8-18-7-9(15)1-2-10(18)16-11/h1-2,7-8H,3-6,15H2. The van der Waals surface area contributed by atoms with Crippen LogP contribution < -0.4 is 10.6 Å². The summed E-state index contributed by atoms with van der Waals surface area (Å²) in [5.74, 6) is -1.80. The van der Waals surface area contributed by atoms with Crippen LogP contribution in [0.1, 0.15) is 12.8 Å². The first-order chi connectivity index (χ1) is 8.53. The number of piperidine rings is 1. The maximum Gasteiger partial charge on any atom is 0.251 e. The molecule has 0 aliphatic carbocycles. The fraction of sp³-hybridized carbons (Fsp3) is 0.417. The van der Waals surface area contributed by atoms with Gasteiger partial charge in [-0.1, -0.05) is 0 Å². The highest BCUT2D eigenvalue weighted by atomic mass is 19.3. The molecule has 0 radical (unpaired) electrons. The van der Waals surface area contributed by atoms with Gasteiger partial charge in [0.1, 0.15) is 11.5 Å². The minimum atomic E-state index is -2.53. The lowest BCUT2D eigenvalue weighted by Crippen LogP contribution is -2.39. The average molecular weight is 252 g/mol. The highest BCUT2D eigenvalue weighted by molar-refractivity contribution is 5.54. The van der Waals surface area contributed by atoms with Gasteiger partial charge >= 0.3 is 0 Å². The minimum Gasteiger partial charge on any atom is -0.398 e. The van der Waals surface area contributed by atoms with E-state index in [9.17, 15) is 8.78 Å². The Labute approximate surface area is 103 Å². The zero-order valence-electron chi connectivity index (χ0n) is 9.81. The van der Waals surface area contributed by atoms with Gasteiger partial charge in [0, 0.05) is 37.8 Å². The molecule has 1 fully saturated rings. The van der Waals surface area contributed by atoms with E-state index in [0.29, 0.717) is 18.8 Å². The van der Waals surface area contributed by atoms with E-state index in [1.54, 1.807) is 12.3 Å². The number of nitrogens with zero attached hydrogens (tertiary/aromatic N) is 3. The normalized spacial score (nSPS) is 19.3. The maximum absolute atomic E-state index is 13.1. The highest BCUT2D eigenvalue weighted by Gasteiger charge is 2.34. The molecule has 1 aliphatic heterocycles. The number of hydrogen-bond donors (Lipinski definition) is 1. The first-order valence-electron chi connectivity index (χ1n) is 5.91. The second-order valence-corrected chi connectivity index (χ2v) is 4.67. The van der Waals surface area contributed by atoms with Crippen LogP contribution in [0.5, 0.6) is 0 Å². The first kappa shape index (κ1) is 11.3. The molecule has 96 valence electrons. The van der Waals surface area contributed by atoms with Crippen molar-refractivity contribution >= 4 is 17.2 Å².